The summed E-state index contributed by atoms with van der Waals surface area (Å²) in [6.07, 6.45) is 0.844. The Morgan fingerprint density at radius 2 is 2.19 bits per heavy atom. The van der Waals surface area contributed by atoms with Crippen molar-refractivity contribution in [3.8, 4) is 11.3 Å². The van der Waals surface area contributed by atoms with Gasteiger partial charge in [-0.1, -0.05) is 17.3 Å². The molecule has 0 radical (unpaired) electrons. The van der Waals surface area contributed by atoms with Gasteiger partial charge in [0.1, 0.15) is 5.69 Å². The number of carbonyl (C=O) groups excluding carboxylic acids is 1. The second kappa shape index (κ2) is 3.57. The van der Waals surface area contributed by atoms with Gasteiger partial charge < -0.3 is 4.52 Å². The van der Waals surface area contributed by atoms with E-state index in [1.165, 1.54) is 11.3 Å². The molecule has 0 spiro atoms. The molecule has 0 atom stereocenters. The molecule has 3 rings (SSSR count). The summed E-state index contributed by atoms with van der Waals surface area (Å²) in [4.78, 5) is 11.3. The number of aldehydes is 1. The predicted molar refractivity (Wildman–Crippen MR) is 62.7 cm³/mol. The Morgan fingerprint density at radius 1 is 1.31 bits per heavy atom. The van der Waals surface area contributed by atoms with E-state index in [0.717, 1.165) is 28.5 Å². The zero-order valence-corrected chi connectivity index (χ0v) is 9.03. The number of carbonyl (C=O) groups is 1. The molecule has 0 saturated heterocycles. The van der Waals surface area contributed by atoms with Crippen molar-refractivity contribution in [3.05, 3.63) is 40.6 Å². The minimum atomic E-state index is 0.696. The minimum Gasteiger partial charge on any atom is -0.356 e. The zero-order valence-electron chi connectivity index (χ0n) is 8.21. The largest absolute Gasteiger partial charge is 0.356 e. The van der Waals surface area contributed by atoms with Crippen LogP contribution in [0.25, 0.3) is 22.2 Å². The number of rotatable bonds is 2. The molecule has 3 nitrogen and oxygen atoms in total. The van der Waals surface area contributed by atoms with Crippen molar-refractivity contribution in [2.24, 2.45) is 0 Å². The lowest BCUT2D eigenvalue weighted by Crippen LogP contribution is -1.73. The Bertz CT molecular complexity index is 654. The minimum absolute atomic E-state index is 0.696. The average Bonchev–Trinajstić information content (AvgIpc) is 2.94. The highest BCUT2D eigenvalue weighted by molar-refractivity contribution is 7.12. The first-order valence-corrected chi connectivity index (χ1v) is 5.65. The van der Waals surface area contributed by atoms with Gasteiger partial charge in [0.05, 0.1) is 4.88 Å². The number of hydrogen-bond donors (Lipinski definition) is 0. The smallest absolute Gasteiger partial charge is 0.167 e. The summed E-state index contributed by atoms with van der Waals surface area (Å²) in [5, 5.41) is 6.91. The van der Waals surface area contributed by atoms with Crippen LogP contribution in [0.1, 0.15) is 9.67 Å². The van der Waals surface area contributed by atoms with Crippen molar-refractivity contribution in [1.82, 2.24) is 5.16 Å². The molecule has 0 unspecified atom stereocenters. The molecule has 1 aromatic carbocycles. The Kier molecular flexibility index (Phi) is 2.08. The van der Waals surface area contributed by atoms with Crippen LogP contribution in [-0.4, -0.2) is 11.4 Å². The van der Waals surface area contributed by atoms with Gasteiger partial charge in [-0.2, -0.15) is 0 Å². The van der Waals surface area contributed by atoms with E-state index in [1.54, 1.807) is 0 Å². The molecule has 0 N–H and O–H groups in total. The lowest BCUT2D eigenvalue weighted by Gasteiger charge is -1.89. The first kappa shape index (κ1) is 9.30. The van der Waals surface area contributed by atoms with E-state index in [0.29, 0.717) is 4.88 Å². The molecule has 2 heterocycles. The van der Waals surface area contributed by atoms with Gasteiger partial charge in [-0.25, -0.2) is 0 Å². The average molecular weight is 229 g/mol. The Labute approximate surface area is 95.3 Å². The van der Waals surface area contributed by atoms with Gasteiger partial charge in [-0.05, 0) is 18.2 Å². The lowest BCUT2D eigenvalue weighted by atomic mass is 10.1. The predicted octanol–water partition coefficient (Wildman–Crippen LogP) is 3.37. The van der Waals surface area contributed by atoms with Crippen molar-refractivity contribution in [1.29, 1.82) is 0 Å². The maximum absolute atomic E-state index is 10.6. The molecule has 0 saturated carbocycles. The maximum atomic E-state index is 10.6. The van der Waals surface area contributed by atoms with E-state index in [2.05, 4.69) is 5.16 Å². The van der Waals surface area contributed by atoms with E-state index < -0.39 is 0 Å². The molecule has 0 aliphatic carbocycles. The SMILES string of the molecule is O=Cc1cc(-c2noc3ccccc23)cs1. The number of para-hydroxylation sites is 1. The highest BCUT2D eigenvalue weighted by Crippen LogP contribution is 2.30. The molecule has 78 valence electrons. The summed E-state index contributed by atoms with van der Waals surface area (Å²) in [7, 11) is 0. The number of thiophene rings is 1. The molecule has 0 bridgehead atoms. The summed E-state index contributed by atoms with van der Waals surface area (Å²) in [5.74, 6) is 0. The molecule has 0 amide bonds. The summed E-state index contributed by atoms with van der Waals surface area (Å²) >= 11 is 1.41. The molecule has 3 aromatic rings. The summed E-state index contributed by atoms with van der Waals surface area (Å²) in [5.41, 5.74) is 2.48. The topological polar surface area (TPSA) is 43.1 Å². The maximum Gasteiger partial charge on any atom is 0.167 e. The molecule has 16 heavy (non-hydrogen) atoms. The van der Waals surface area contributed by atoms with E-state index in [4.69, 9.17) is 4.52 Å². The highest BCUT2D eigenvalue weighted by Gasteiger charge is 2.11. The van der Waals surface area contributed by atoms with Gasteiger partial charge in [-0.15, -0.1) is 11.3 Å². The van der Waals surface area contributed by atoms with Gasteiger partial charge in [0.25, 0.3) is 0 Å². The van der Waals surface area contributed by atoms with Crippen molar-refractivity contribution in [2.45, 2.75) is 0 Å². The molecule has 0 fully saturated rings. The summed E-state index contributed by atoms with van der Waals surface area (Å²) in [6, 6.07) is 9.50. The molecule has 2 aromatic heterocycles. The number of hydrogen-bond acceptors (Lipinski definition) is 4. The number of aromatic nitrogens is 1. The normalized spacial score (nSPS) is 10.8. The van der Waals surface area contributed by atoms with Gasteiger partial charge in [0, 0.05) is 16.3 Å². The first-order valence-electron chi connectivity index (χ1n) is 4.77. The van der Waals surface area contributed by atoms with Crippen LogP contribution in [0.3, 0.4) is 0 Å². The molecular weight excluding hydrogens is 222 g/mol. The fourth-order valence-corrected chi connectivity index (χ4v) is 2.33. The Balaban J connectivity index is 2.21. The fraction of sp³-hybridized carbons (Fsp3) is 0. The number of benzene rings is 1. The van der Waals surface area contributed by atoms with Crippen LogP contribution in [0.2, 0.25) is 0 Å². The van der Waals surface area contributed by atoms with Crippen molar-refractivity contribution >= 4 is 28.6 Å². The monoisotopic (exact) mass is 229 g/mol. The quantitative estimate of drug-likeness (QED) is 0.633. The summed E-state index contributed by atoms with van der Waals surface area (Å²) < 4.78 is 5.21. The van der Waals surface area contributed by atoms with Crippen molar-refractivity contribution in [2.75, 3.05) is 0 Å². The fourth-order valence-electron chi connectivity index (χ4n) is 1.63. The number of nitrogens with zero attached hydrogens (tertiary/aromatic N) is 1. The zero-order chi connectivity index (χ0) is 11.0. The van der Waals surface area contributed by atoms with Crippen molar-refractivity contribution in [3.63, 3.8) is 0 Å². The van der Waals surface area contributed by atoms with Crippen LogP contribution in [0, 0.1) is 0 Å². The van der Waals surface area contributed by atoms with E-state index in [1.807, 2.05) is 35.7 Å². The Morgan fingerprint density at radius 3 is 3.00 bits per heavy atom. The molecule has 0 aliphatic rings. The van der Waals surface area contributed by atoms with E-state index >= 15 is 0 Å². The van der Waals surface area contributed by atoms with Crippen LogP contribution < -0.4 is 0 Å². The second-order valence-electron chi connectivity index (χ2n) is 3.38. The third-order valence-corrected chi connectivity index (χ3v) is 3.24. The van der Waals surface area contributed by atoms with Gasteiger partial charge in [-0.3, -0.25) is 4.79 Å². The van der Waals surface area contributed by atoms with Crippen LogP contribution in [-0.2, 0) is 0 Å². The van der Waals surface area contributed by atoms with Crippen LogP contribution >= 0.6 is 11.3 Å². The third kappa shape index (κ3) is 1.35. The molecule has 4 heteroatoms. The van der Waals surface area contributed by atoms with Gasteiger partial charge in [0.2, 0.25) is 0 Å². The molecular formula is C12H7NO2S. The van der Waals surface area contributed by atoms with Crippen molar-refractivity contribution < 1.29 is 9.32 Å². The standard InChI is InChI=1S/C12H7NO2S/c14-6-9-5-8(7-16-9)12-10-3-1-2-4-11(10)15-13-12/h1-7H. The number of fused-ring (bicyclic) bond motifs is 1. The highest BCUT2D eigenvalue weighted by atomic mass is 32.1. The van der Waals surface area contributed by atoms with Gasteiger partial charge in [0.15, 0.2) is 11.9 Å². The Hall–Kier alpha value is -1.94. The van der Waals surface area contributed by atoms with Gasteiger partial charge >= 0.3 is 0 Å². The van der Waals surface area contributed by atoms with Crippen LogP contribution in [0.15, 0.2) is 40.2 Å². The second-order valence-corrected chi connectivity index (χ2v) is 4.33. The van der Waals surface area contributed by atoms with Crippen LogP contribution in [0.4, 0.5) is 0 Å². The summed E-state index contributed by atoms with van der Waals surface area (Å²) in [6.45, 7) is 0. The third-order valence-electron chi connectivity index (χ3n) is 2.39. The van der Waals surface area contributed by atoms with Crippen LogP contribution in [0.5, 0.6) is 0 Å². The van der Waals surface area contributed by atoms with E-state index in [9.17, 15) is 4.79 Å². The lowest BCUT2D eigenvalue weighted by molar-refractivity contribution is 0.112. The molecule has 0 aliphatic heterocycles. The first-order chi connectivity index (χ1) is 7.88. The van der Waals surface area contributed by atoms with E-state index in [-0.39, 0.29) is 0 Å².